The number of benzene rings is 2. The zero-order valence-electron chi connectivity index (χ0n) is 11.7. The van der Waals surface area contributed by atoms with Crippen LogP contribution < -0.4 is 11.3 Å². The van der Waals surface area contributed by atoms with Crippen LogP contribution in [0, 0.1) is 0 Å². The molecule has 0 unspecified atom stereocenters. The topological polar surface area (TPSA) is 99.4 Å². The number of rotatable bonds is 3. The van der Waals surface area contributed by atoms with Gasteiger partial charge in [-0.05, 0) is 30.3 Å². The molecule has 0 fully saturated rings. The van der Waals surface area contributed by atoms with Crippen LogP contribution in [0.4, 0.5) is 17.1 Å². The van der Waals surface area contributed by atoms with Gasteiger partial charge in [-0.15, -0.1) is 10.2 Å². The second-order valence-electron chi connectivity index (χ2n) is 4.72. The van der Waals surface area contributed by atoms with E-state index in [0.717, 1.165) is 5.56 Å². The van der Waals surface area contributed by atoms with Crippen molar-refractivity contribution in [1.82, 2.24) is 10.2 Å². The predicted molar refractivity (Wildman–Crippen MR) is 91.9 cm³/mol. The van der Waals surface area contributed by atoms with Crippen LogP contribution in [0.1, 0.15) is 0 Å². The van der Waals surface area contributed by atoms with Crippen molar-refractivity contribution < 1.29 is 0 Å². The first kappa shape index (κ1) is 15.3. The Kier molecular flexibility index (Phi) is 4.18. The van der Waals surface area contributed by atoms with Crippen molar-refractivity contribution in [1.29, 1.82) is 0 Å². The van der Waals surface area contributed by atoms with E-state index in [2.05, 4.69) is 20.4 Å². The molecule has 0 saturated carbocycles. The summed E-state index contributed by atoms with van der Waals surface area (Å²) in [5.74, 6) is 0. The largest absolute Gasteiger partial charge is 0.399 e. The summed E-state index contributed by atoms with van der Waals surface area (Å²) in [4.78, 5) is 11.9. The standard InChI is InChI=1S/C15H11Cl2N5O/c16-9-3-6-11(17)12(7-9)19-21-14-13(20-22-15(14)23)8-1-4-10(18)5-2-8/h1-7H,18H2,(H2,20,22,23). The minimum absolute atomic E-state index is 0.144. The average molecular weight is 348 g/mol. The molecule has 6 nitrogen and oxygen atoms in total. The third kappa shape index (κ3) is 3.28. The Morgan fingerprint density at radius 3 is 2.43 bits per heavy atom. The van der Waals surface area contributed by atoms with Gasteiger partial charge >= 0.3 is 0 Å². The number of nitrogens with zero attached hydrogens (tertiary/aromatic N) is 2. The quantitative estimate of drug-likeness (QED) is 0.473. The van der Waals surface area contributed by atoms with Crippen molar-refractivity contribution >= 4 is 40.3 Å². The van der Waals surface area contributed by atoms with E-state index in [1.54, 1.807) is 42.5 Å². The molecule has 116 valence electrons. The summed E-state index contributed by atoms with van der Waals surface area (Å²) in [6.07, 6.45) is 0. The van der Waals surface area contributed by atoms with Gasteiger partial charge in [0.2, 0.25) is 0 Å². The molecule has 2 aromatic carbocycles. The molecular weight excluding hydrogens is 337 g/mol. The number of hydrogen-bond donors (Lipinski definition) is 3. The molecular formula is C15H11Cl2N5O. The van der Waals surface area contributed by atoms with Crippen LogP contribution in [0.2, 0.25) is 10.0 Å². The molecule has 8 heteroatoms. The third-order valence-corrected chi connectivity index (χ3v) is 3.67. The van der Waals surface area contributed by atoms with Crippen molar-refractivity contribution in [2.75, 3.05) is 5.73 Å². The molecule has 0 aliphatic heterocycles. The first-order valence-electron chi connectivity index (χ1n) is 6.58. The lowest BCUT2D eigenvalue weighted by molar-refractivity contribution is 1.06. The Morgan fingerprint density at radius 2 is 1.70 bits per heavy atom. The van der Waals surface area contributed by atoms with Crippen molar-refractivity contribution in [3.63, 3.8) is 0 Å². The van der Waals surface area contributed by atoms with Gasteiger partial charge in [0.1, 0.15) is 5.69 Å². The summed E-state index contributed by atoms with van der Waals surface area (Å²) in [5, 5.41) is 14.2. The Labute approximate surface area is 140 Å². The Bertz CT molecular complexity index is 928. The van der Waals surface area contributed by atoms with Gasteiger partial charge in [0.05, 0.1) is 10.7 Å². The van der Waals surface area contributed by atoms with E-state index in [1.807, 2.05) is 0 Å². The fourth-order valence-corrected chi connectivity index (χ4v) is 2.29. The predicted octanol–water partition coefficient (Wildman–Crippen LogP) is 4.67. The van der Waals surface area contributed by atoms with Crippen LogP contribution in [-0.2, 0) is 0 Å². The van der Waals surface area contributed by atoms with Gasteiger partial charge in [0, 0.05) is 16.3 Å². The van der Waals surface area contributed by atoms with Gasteiger partial charge in [0.15, 0.2) is 5.69 Å². The molecule has 0 atom stereocenters. The lowest BCUT2D eigenvalue weighted by Gasteiger charge is -2.00. The van der Waals surface area contributed by atoms with Crippen LogP contribution >= 0.6 is 23.2 Å². The molecule has 0 radical (unpaired) electrons. The lowest BCUT2D eigenvalue weighted by Crippen LogP contribution is -1.96. The first-order valence-corrected chi connectivity index (χ1v) is 7.33. The Hall–Kier alpha value is -2.57. The second kappa shape index (κ2) is 6.28. The summed E-state index contributed by atoms with van der Waals surface area (Å²) >= 11 is 11.9. The van der Waals surface area contributed by atoms with E-state index >= 15 is 0 Å². The Morgan fingerprint density at radius 1 is 0.957 bits per heavy atom. The molecule has 23 heavy (non-hydrogen) atoms. The molecule has 0 saturated heterocycles. The monoisotopic (exact) mass is 347 g/mol. The minimum atomic E-state index is -0.390. The molecule has 0 bridgehead atoms. The molecule has 1 heterocycles. The van der Waals surface area contributed by atoms with Crippen molar-refractivity contribution in [3.05, 3.63) is 62.9 Å². The maximum absolute atomic E-state index is 11.9. The number of nitrogens with one attached hydrogen (secondary N) is 2. The van der Waals surface area contributed by atoms with Gasteiger partial charge < -0.3 is 5.73 Å². The van der Waals surface area contributed by atoms with E-state index < -0.39 is 5.56 Å². The van der Waals surface area contributed by atoms with Crippen LogP contribution in [0.3, 0.4) is 0 Å². The maximum atomic E-state index is 11.9. The molecule has 4 N–H and O–H groups in total. The van der Waals surface area contributed by atoms with E-state index in [4.69, 9.17) is 28.9 Å². The van der Waals surface area contributed by atoms with Crippen molar-refractivity contribution in [2.24, 2.45) is 10.2 Å². The summed E-state index contributed by atoms with van der Waals surface area (Å²) < 4.78 is 0. The molecule has 0 spiro atoms. The van der Waals surface area contributed by atoms with Crippen LogP contribution in [-0.4, -0.2) is 10.2 Å². The Balaban J connectivity index is 2.02. The summed E-state index contributed by atoms with van der Waals surface area (Å²) in [5.41, 5.74) is 7.69. The summed E-state index contributed by atoms with van der Waals surface area (Å²) in [6.45, 7) is 0. The maximum Gasteiger partial charge on any atom is 0.292 e. The van der Waals surface area contributed by atoms with E-state index in [-0.39, 0.29) is 5.69 Å². The SMILES string of the molecule is Nc1ccc(-c2[nH][nH]c(=O)c2N=Nc2cc(Cl)ccc2Cl)cc1. The van der Waals surface area contributed by atoms with E-state index in [9.17, 15) is 4.79 Å². The van der Waals surface area contributed by atoms with Crippen molar-refractivity contribution in [3.8, 4) is 11.3 Å². The summed E-state index contributed by atoms with van der Waals surface area (Å²) in [7, 11) is 0. The van der Waals surface area contributed by atoms with Gasteiger partial charge in [0.25, 0.3) is 5.56 Å². The van der Waals surface area contributed by atoms with Gasteiger partial charge in [-0.25, -0.2) is 0 Å². The van der Waals surface area contributed by atoms with Gasteiger partial charge in [-0.2, -0.15) is 0 Å². The molecule has 1 aromatic heterocycles. The number of aromatic amines is 2. The number of hydrogen-bond acceptors (Lipinski definition) is 4. The number of H-pyrrole nitrogens is 2. The normalized spacial score (nSPS) is 11.2. The highest BCUT2D eigenvalue weighted by atomic mass is 35.5. The highest BCUT2D eigenvalue weighted by molar-refractivity contribution is 6.35. The highest BCUT2D eigenvalue weighted by Crippen LogP contribution is 2.31. The van der Waals surface area contributed by atoms with Crippen molar-refractivity contribution in [2.45, 2.75) is 0 Å². The average Bonchev–Trinajstić information content (AvgIpc) is 2.90. The van der Waals surface area contributed by atoms with E-state index in [0.29, 0.717) is 27.1 Å². The van der Waals surface area contributed by atoms with Crippen LogP contribution in [0.5, 0.6) is 0 Å². The van der Waals surface area contributed by atoms with Gasteiger partial charge in [-0.1, -0.05) is 35.3 Å². The summed E-state index contributed by atoms with van der Waals surface area (Å²) in [6, 6.07) is 11.8. The van der Waals surface area contributed by atoms with Crippen LogP contribution in [0.15, 0.2) is 57.5 Å². The zero-order chi connectivity index (χ0) is 16.4. The minimum Gasteiger partial charge on any atom is -0.399 e. The number of azo groups is 1. The third-order valence-electron chi connectivity index (χ3n) is 3.12. The molecule has 3 rings (SSSR count). The fourth-order valence-electron chi connectivity index (χ4n) is 1.97. The number of nitrogen functional groups attached to an aromatic ring is 1. The molecule has 3 aromatic rings. The number of anilines is 1. The fraction of sp³-hybridized carbons (Fsp3) is 0. The molecule has 0 aliphatic carbocycles. The zero-order valence-corrected chi connectivity index (χ0v) is 13.2. The molecule has 0 amide bonds. The number of nitrogens with two attached hydrogens (primary N) is 1. The first-order chi connectivity index (χ1) is 11.0. The highest BCUT2D eigenvalue weighted by Gasteiger charge is 2.12. The van der Waals surface area contributed by atoms with Crippen LogP contribution in [0.25, 0.3) is 11.3 Å². The van der Waals surface area contributed by atoms with E-state index in [1.165, 1.54) is 0 Å². The van der Waals surface area contributed by atoms with Gasteiger partial charge in [-0.3, -0.25) is 15.0 Å². The molecule has 0 aliphatic rings. The number of halogens is 2. The second-order valence-corrected chi connectivity index (χ2v) is 5.56. The smallest absolute Gasteiger partial charge is 0.292 e. The lowest BCUT2D eigenvalue weighted by atomic mass is 10.1. The number of aromatic nitrogens is 2.